The topological polar surface area (TPSA) is 57.4 Å². The molecule has 96 valence electrons. The second kappa shape index (κ2) is 5.23. The van der Waals surface area contributed by atoms with E-state index in [1.165, 1.54) is 5.56 Å². The predicted octanol–water partition coefficient (Wildman–Crippen LogP) is 2.32. The Hall–Kier alpha value is -1.81. The number of aromatic nitrogens is 1. The Kier molecular flexibility index (Phi) is 3.67. The highest BCUT2D eigenvalue weighted by Gasteiger charge is 2.13. The number of hydrogen-bond donors (Lipinski definition) is 1. The van der Waals surface area contributed by atoms with Crippen molar-refractivity contribution in [2.75, 3.05) is 26.6 Å². The molecule has 0 unspecified atom stereocenters. The van der Waals surface area contributed by atoms with Gasteiger partial charge in [-0.2, -0.15) is 0 Å². The van der Waals surface area contributed by atoms with Gasteiger partial charge in [0, 0.05) is 30.2 Å². The number of nitrogen functional groups attached to an aromatic ring is 1. The van der Waals surface area contributed by atoms with Crippen LogP contribution in [-0.4, -0.2) is 25.8 Å². The van der Waals surface area contributed by atoms with Crippen molar-refractivity contribution in [1.82, 2.24) is 4.98 Å². The van der Waals surface area contributed by atoms with Crippen molar-refractivity contribution in [2.24, 2.45) is 0 Å². The van der Waals surface area contributed by atoms with Gasteiger partial charge in [0.1, 0.15) is 0 Å². The predicted molar refractivity (Wildman–Crippen MR) is 73.0 cm³/mol. The van der Waals surface area contributed by atoms with Crippen LogP contribution in [-0.2, 0) is 11.2 Å². The maximum atomic E-state index is 6.23. The number of methoxy groups -OCH3 is 2. The fraction of sp³-hybridized carbons (Fsp3) is 0.357. The molecule has 0 saturated carbocycles. The number of anilines is 1. The lowest BCUT2D eigenvalue weighted by atomic mass is 10.1. The lowest BCUT2D eigenvalue weighted by Gasteiger charge is -2.13. The van der Waals surface area contributed by atoms with Gasteiger partial charge < -0.3 is 15.2 Å². The third-order valence-corrected chi connectivity index (χ3v) is 3.00. The summed E-state index contributed by atoms with van der Waals surface area (Å²) in [5, 5.41) is 0.974. The van der Waals surface area contributed by atoms with Crippen molar-refractivity contribution in [3.05, 3.63) is 29.3 Å². The Bertz CT molecular complexity index is 567. The molecule has 0 spiro atoms. The number of nitrogens with zero attached hydrogens (tertiary/aromatic N) is 1. The Labute approximate surface area is 107 Å². The Morgan fingerprint density at radius 2 is 2.06 bits per heavy atom. The van der Waals surface area contributed by atoms with E-state index < -0.39 is 0 Å². The van der Waals surface area contributed by atoms with Gasteiger partial charge in [-0.1, -0.05) is 11.6 Å². The summed E-state index contributed by atoms with van der Waals surface area (Å²) in [5.41, 5.74) is 9.90. The molecule has 0 aliphatic carbocycles. The van der Waals surface area contributed by atoms with Crippen molar-refractivity contribution < 1.29 is 9.47 Å². The number of aryl methyl sites for hydroxylation is 1. The van der Waals surface area contributed by atoms with Gasteiger partial charge in [0.25, 0.3) is 0 Å². The summed E-state index contributed by atoms with van der Waals surface area (Å²) in [6.45, 7) is 2.64. The number of hydrogen-bond acceptors (Lipinski definition) is 4. The van der Waals surface area contributed by atoms with Crippen LogP contribution >= 0.6 is 0 Å². The lowest BCUT2D eigenvalue weighted by molar-refractivity contribution is 0.201. The van der Waals surface area contributed by atoms with Crippen LogP contribution in [0.3, 0.4) is 0 Å². The normalized spacial score (nSPS) is 10.8. The second-order valence-corrected chi connectivity index (χ2v) is 4.28. The van der Waals surface area contributed by atoms with Gasteiger partial charge >= 0.3 is 0 Å². The highest BCUT2D eigenvalue weighted by atomic mass is 16.5. The summed E-state index contributed by atoms with van der Waals surface area (Å²) in [6.07, 6.45) is 0.697. The molecule has 0 amide bonds. The van der Waals surface area contributed by atoms with Gasteiger partial charge in [0.05, 0.1) is 19.2 Å². The first-order valence-corrected chi connectivity index (χ1v) is 5.89. The molecule has 0 fully saturated rings. The number of fused-ring (bicyclic) bond motifs is 1. The molecule has 0 saturated heterocycles. The summed E-state index contributed by atoms with van der Waals surface area (Å²) in [7, 11) is 3.28. The van der Waals surface area contributed by atoms with E-state index in [0.717, 1.165) is 22.2 Å². The average Bonchev–Trinajstić information content (AvgIpc) is 2.38. The molecule has 4 heteroatoms. The number of nitrogens with two attached hydrogens (primary N) is 1. The zero-order valence-electron chi connectivity index (χ0n) is 11.0. The minimum absolute atomic E-state index is 0.584. The molecule has 1 aromatic carbocycles. The molecule has 0 atom stereocenters. The molecular formula is C14H18N2O2. The van der Waals surface area contributed by atoms with Gasteiger partial charge in [0.2, 0.25) is 5.88 Å². The molecule has 2 N–H and O–H groups in total. The minimum Gasteiger partial charge on any atom is -0.481 e. The summed E-state index contributed by atoms with van der Waals surface area (Å²) >= 11 is 0. The van der Waals surface area contributed by atoms with Gasteiger partial charge in [-0.05, 0) is 19.1 Å². The van der Waals surface area contributed by atoms with Gasteiger partial charge in [-0.15, -0.1) is 0 Å². The van der Waals surface area contributed by atoms with Crippen molar-refractivity contribution in [1.29, 1.82) is 0 Å². The standard InChI is InChI=1S/C14H18N2O2/c1-9-4-5-12-11(8-9)13(15)10(6-7-17-2)14(16-12)18-3/h4-5,8H,6-7H2,1-3H3,(H2,15,16). The van der Waals surface area contributed by atoms with Gasteiger partial charge in [-0.3, -0.25) is 0 Å². The molecule has 1 aromatic heterocycles. The van der Waals surface area contributed by atoms with Gasteiger partial charge in [-0.25, -0.2) is 4.98 Å². The van der Waals surface area contributed by atoms with Crippen molar-refractivity contribution in [2.45, 2.75) is 13.3 Å². The van der Waals surface area contributed by atoms with Crippen LogP contribution in [0.2, 0.25) is 0 Å². The van der Waals surface area contributed by atoms with Gasteiger partial charge in [0.15, 0.2) is 0 Å². The van der Waals surface area contributed by atoms with E-state index in [1.807, 2.05) is 25.1 Å². The first-order valence-electron chi connectivity index (χ1n) is 5.89. The molecule has 0 bridgehead atoms. The summed E-state index contributed by atoms with van der Waals surface area (Å²) in [6, 6.07) is 6.03. The molecule has 1 heterocycles. The van der Waals surface area contributed by atoms with Crippen LogP contribution in [0.15, 0.2) is 18.2 Å². The molecule has 2 rings (SSSR count). The molecule has 0 aliphatic heterocycles. The van der Waals surface area contributed by atoms with E-state index in [1.54, 1.807) is 14.2 Å². The summed E-state index contributed by atoms with van der Waals surface area (Å²) < 4.78 is 10.4. The average molecular weight is 246 g/mol. The molecular weight excluding hydrogens is 228 g/mol. The Balaban J connectivity index is 2.62. The summed E-state index contributed by atoms with van der Waals surface area (Å²) in [4.78, 5) is 4.49. The van der Waals surface area contributed by atoms with Crippen LogP contribution in [0.25, 0.3) is 10.9 Å². The SMILES string of the molecule is COCCc1c(OC)nc2ccc(C)cc2c1N. The highest BCUT2D eigenvalue weighted by Crippen LogP contribution is 2.31. The van der Waals surface area contributed by atoms with E-state index in [2.05, 4.69) is 4.98 Å². The first-order chi connectivity index (χ1) is 8.67. The van der Waals surface area contributed by atoms with Crippen molar-refractivity contribution in [3.8, 4) is 5.88 Å². The maximum absolute atomic E-state index is 6.23. The quantitative estimate of drug-likeness (QED) is 0.899. The highest BCUT2D eigenvalue weighted by molar-refractivity contribution is 5.93. The monoisotopic (exact) mass is 246 g/mol. The molecule has 4 nitrogen and oxygen atoms in total. The van der Waals surface area contributed by atoms with Crippen LogP contribution in [0.4, 0.5) is 5.69 Å². The number of benzene rings is 1. The zero-order valence-corrected chi connectivity index (χ0v) is 11.0. The third kappa shape index (κ3) is 2.24. The van der Waals surface area contributed by atoms with E-state index in [-0.39, 0.29) is 0 Å². The number of rotatable bonds is 4. The van der Waals surface area contributed by atoms with E-state index in [0.29, 0.717) is 18.9 Å². The fourth-order valence-corrected chi connectivity index (χ4v) is 2.03. The molecule has 0 aliphatic rings. The molecule has 2 aromatic rings. The van der Waals surface area contributed by atoms with E-state index in [4.69, 9.17) is 15.2 Å². The van der Waals surface area contributed by atoms with Crippen LogP contribution in [0.5, 0.6) is 5.88 Å². The fourth-order valence-electron chi connectivity index (χ4n) is 2.03. The lowest BCUT2D eigenvalue weighted by Crippen LogP contribution is -2.05. The Morgan fingerprint density at radius 1 is 1.28 bits per heavy atom. The van der Waals surface area contributed by atoms with E-state index >= 15 is 0 Å². The number of ether oxygens (including phenoxy) is 2. The van der Waals surface area contributed by atoms with E-state index in [9.17, 15) is 0 Å². The van der Waals surface area contributed by atoms with Crippen LogP contribution in [0, 0.1) is 6.92 Å². The van der Waals surface area contributed by atoms with Crippen molar-refractivity contribution >= 4 is 16.6 Å². The molecule has 18 heavy (non-hydrogen) atoms. The zero-order chi connectivity index (χ0) is 13.1. The van der Waals surface area contributed by atoms with Crippen LogP contribution < -0.4 is 10.5 Å². The first kappa shape index (κ1) is 12.6. The largest absolute Gasteiger partial charge is 0.481 e. The smallest absolute Gasteiger partial charge is 0.219 e. The minimum atomic E-state index is 0.584. The van der Waals surface area contributed by atoms with Crippen molar-refractivity contribution in [3.63, 3.8) is 0 Å². The second-order valence-electron chi connectivity index (χ2n) is 4.28. The third-order valence-electron chi connectivity index (χ3n) is 3.00. The maximum Gasteiger partial charge on any atom is 0.219 e. The number of pyridine rings is 1. The van der Waals surface area contributed by atoms with Crippen LogP contribution in [0.1, 0.15) is 11.1 Å². The Morgan fingerprint density at radius 3 is 2.72 bits per heavy atom. The summed E-state index contributed by atoms with van der Waals surface area (Å²) in [5.74, 6) is 0.584. The molecule has 0 radical (unpaired) electrons.